The maximum atomic E-state index is 14.9. The van der Waals surface area contributed by atoms with Crippen molar-refractivity contribution in [2.45, 2.75) is 30.8 Å². The first kappa shape index (κ1) is 21.0. The number of benzene rings is 1. The van der Waals surface area contributed by atoms with Crippen LogP contribution in [0.3, 0.4) is 0 Å². The van der Waals surface area contributed by atoms with Gasteiger partial charge in [0.1, 0.15) is 17.6 Å². The van der Waals surface area contributed by atoms with Gasteiger partial charge in [-0.3, -0.25) is 4.79 Å². The first-order chi connectivity index (χ1) is 14.4. The van der Waals surface area contributed by atoms with Crippen molar-refractivity contribution in [3.05, 3.63) is 39.9 Å². The van der Waals surface area contributed by atoms with Gasteiger partial charge in [-0.25, -0.2) is 13.6 Å². The molecule has 30 heavy (non-hydrogen) atoms. The summed E-state index contributed by atoms with van der Waals surface area (Å²) in [7, 11) is 0. The Balaban J connectivity index is 0.00000106. The Morgan fingerprint density at radius 1 is 1.33 bits per heavy atom. The Hall–Kier alpha value is -2.23. The molecule has 2 aliphatic heterocycles. The summed E-state index contributed by atoms with van der Waals surface area (Å²) in [5.41, 5.74) is -0.594. The number of alkyl halides is 2. The van der Waals surface area contributed by atoms with Gasteiger partial charge >= 0.3 is 5.97 Å². The van der Waals surface area contributed by atoms with Gasteiger partial charge in [-0.1, -0.05) is 0 Å². The number of carboxylic acids is 1. The number of anilines is 1. The fraction of sp³-hybridized carbons (Fsp3) is 0.500. The second-order valence-electron chi connectivity index (χ2n) is 7.60. The van der Waals surface area contributed by atoms with E-state index in [1.165, 1.54) is 23.2 Å². The zero-order valence-electron chi connectivity index (χ0n) is 16.3. The normalized spacial score (nSPS) is 27.4. The zero-order valence-corrected chi connectivity index (χ0v) is 17.0. The lowest BCUT2D eigenvalue weighted by Crippen LogP contribution is -2.47. The van der Waals surface area contributed by atoms with Crippen LogP contribution in [0.15, 0.2) is 23.1 Å². The Bertz CT molecular complexity index is 1030. The van der Waals surface area contributed by atoms with E-state index in [4.69, 9.17) is 4.74 Å². The largest absolute Gasteiger partial charge is 0.477 e. The molecule has 3 heterocycles. The third-order valence-corrected chi connectivity index (χ3v) is 5.82. The first-order valence-electron chi connectivity index (χ1n) is 9.67. The number of nitrogens with one attached hydrogen (secondary N) is 1. The van der Waals surface area contributed by atoms with Gasteiger partial charge in [0.05, 0.1) is 36.0 Å². The molecule has 162 valence electrons. The van der Waals surface area contributed by atoms with Crippen LogP contribution in [0.25, 0.3) is 10.9 Å². The molecule has 3 fully saturated rings. The summed E-state index contributed by atoms with van der Waals surface area (Å²) in [4.78, 5) is 25.8. The number of nitrogens with zero attached hydrogens (tertiary/aromatic N) is 2. The molecule has 0 amide bonds. The number of halogens is 3. The number of carbonyl (C=O) groups is 1. The Labute approximate surface area is 176 Å². The molecule has 0 radical (unpaired) electrons. The molecule has 1 aliphatic carbocycles. The van der Waals surface area contributed by atoms with Gasteiger partial charge in [0.2, 0.25) is 5.43 Å². The Morgan fingerprint density at radius 3 is 2.70 bits per heavy atom. The minimum Gasteiger partial charge on any atom is -0.477 e. The van der Waals surface area contributed by atoms with Crippen LogP contribution in [0, 0.1) is 5.82 Å². The number of aromatic nitrogens is 1. The third kappa shape index (κ3) is 3.55. The molecule has 3 aliphatic rings. The molecule has 1 aromatic carbocycles. The van der Waals surface area contributed by atoms with E-state index in [0.717, 1.165) is 12.6 Å². The number of carboxylic acid groups (broad SMARTS) is 1. The second kappa shape index (κ2) is 8.13. The van der Waals surface area contributed by atoms with Crippen LogP contribution in [0.4, 0.5) is 14.5 Å². The zero-order chi connectivity index (χ0) is 21.6. The molecule has 2 unspecified atom stereocenters. The van der Waals surface area contributed by atoms with Gasteiger partial charge in [0, 0.05) is 44.0 Å². The van der Waals surface area contributed by atoms with E-state index in [2.05, 4.69) is 16.9 Å². The van der Waals surface area contributed by atoms with Gasteiger partial charge in [-0.2, -0.15) is 0 Å². The number of pyridine rings is 1. The SMILES string of the molecule is CCl.O=C(O)c1cn(C2CC2F)c2cc(N3C[C@@H]4NCCO[C@H]4C3)c(F)cc2c1=O. The summed E-state index contributed by atoms with van der Waals surface area (Å²) in [5, 5.41) is 12.6. The number of hydrogen-bond donors (Lipinski definition) is 2. The molecule has 7 nitrogen and oxygen atoms in total. The third-order valence-electron chi connectivity index (χ3n) is 5.82. The average molecular weight is 442 g/mol. The molecule has 5 rings (SSSR count). The maximum absolute atomic E-state index is 14.9. The molecule has 0 spiro atoms. The lowest BCUT2D eigenvalue weighted by molar-refractivity contribution is 0.0212. The average Bonchev–Trinajstić information content (AvgIpc) is 3.30. The molecule has 2 aromatic rings. The van der Waals surface area contributed by atoms with Crippen molar-refractivity contribution in [1.82, 2.24) is 9.88 Å². The number of hydrogen-bond acceptors (Lipinski definition) is 5. The van der Waals surface area contributed by atoms with Crippen molar-refractivity contribution in [2.75, 3.05) is 37.5 Å². The van der Waals surface area contributed by atoms with Gasteiger partial charge < -0.3 is 24.6 Å². The van der Waals surface area contributed by atoms with E-state index in [1.54, 1.807) is 0 Å². The smallest absolute Gasteiger partial charge is 0.341 e. The highest BCUT2D eigenvalue weighted by Crippen LogP contribution is 2.41. The molecule has 10 heteroatoms. The minimum absolute atomic E-state index is 0.0425. The highest BCUT2D eigenvalue weighted by molar-refractivity contribution is 6.15. The monoisotopic (exact) mass is 441 g/mol. The van der Waals surface area contributed by atoms with Gasteiger partial charge in [-0.15, -0.1) is 11.6 Å². The summed E-state index contributed by atoms with van der Waals surface area (Å²) < 4.78 is 35.9. The number of ether oxygens (including phenoxy) is 1. The van der Waals surface area contributed by atoms with E-state index in [1.807, 2.05) is 4.90 Å². The summed E-state index contributed by atoms with van der Waals surface area (Å²) >= 11 is 4.64. The predicted molar refractivity (Wildman–Crippen MR) is 109 cm³/mol. The van der Waals surface area contributed by atoms with Crippen molar-refractivity contribution >= 4 is 34.2 Å². The van der Waals surface area contributed by atoms with E-state index >= 15 is 0 Å². The van der Waals surface area contributed by atoms with Gasteiger partial charge in [0.25, 0.3) is 0 Å². The van der Waals surface area contributed by atoms with Crippen LogP contribution in [0.1, 0.15) is 22.8 Å². The number of fused-ring (bicyclic) bond motifs is 2. The second-order valence-corrected chi connectivity index (χ2v) is 7.60. The lowest BCUT2D eigenvalue weighted by Gasteiger charge is -2.25. The van der Waals surface area contributed by atoms with Crippen LogP contribution in [0.5, 0.6) is 0 Å². The quantitative estimate of drug-likeness (QED) is 0.710. The predicted octanol–water partition coefficient (Wildman–Crippen LogP) is 2.15. The molecule has 2 N–H and O–H groups in total. The Morgan fingerprint density at radius 2 is 2.07 bits per heavy atom. The molecule has 2 saturated heterocycles. The van der Waals surface area contributed by atoms with E-state index in [0.29, 0.717) is 30.9 Å². The number of morpholine rings is 1. The minimum atomic E-state index is -1.41. The van der Waals surface area contributed by atoms with Crippen LogP contribution >= 0.6 is 11.6 Å². The number of rotatable bonds is 3. The molecule has 4 atom stereocenters. The molecule has 1 aromatic heterocycles. The van der Waals surface area contributed by atoms with E-state index in [9.17, 15) is 23.5 Å². The van der Waals surface area contributed by atoms with Crippen molar-refractivity contribution in [3.63, 3.8) is 0 Å². The van der Waals surface area contributed by atoms with Gasteiger partial charge in [0.15, 0.2) is 0 Å². The highest BCUT2D eigenvalue weighted by Gasteiger charge is 2.41. The highest BCUT2D eigenvalue weighted by atomic mass is 35.5. The van der Waals surface area contributed by atoms with Crippen molar-refractivity contribution in [1.29, 1.82) is 0 Å². The molecule has 1 saturated carbocycles. The standard InChI is InChI=1S/C19H19F2N3O4.CH3Cl/c20-11-3-9-14(5-15(11)23-7-13-17(8-23)28-2-1-22-13)24(16-4-12(16)21)6-10(18(9)25)19(26)27;1-2/h3,5-6,12-13,16-17,22H,1-2,4,7-8H2,(H,26,27);1H3/t12?,13-,16?,17-;/m0./s1. The number of aromatic carboxylic acids is 1. The van der Waals surface area contributed by atoms with Crippen LogP contribution in [-0.2, 0) is 4.74 Å². The van der Waals surface area contributed by atoms with Crippen LogP contribution < -0.4 is 15.6 Å². The lowest BCUT2D eigenvalue weighted by atomic mass is 10.1. The van der Waals surface area contributed by atoms with E-state index < -0.39 is 35.0 Å². The summed E-state index contributed by atoms with van der Waals surface area (Å²) in [6, 6.07) is 2.16. The summed E-state index contributed by atoms with van der Waals surface area (Å²) in [6.45, 7) is 2.41. The fourth-order valence-corrected chi connectivity index (χ4v) is 4.26. The Kier molecular flexibility index (Phi) is 5.69. The molecular weight excluding hydrogens is 420 g/mol. The van der Waals surface area contributed by atoms with Crippen molar-refractivity contribution in [2.24, 2.45) is 0 Å². The van der Waals surface area contributed by atoms with E-state index in [-0.39, 0.29) is 24.0 Å². The van der Waals surface area contributed by atoms with Crippen molar-refractivity contribution < 1.29 is 23.4 Å². The fourth-order valence-electron chi connectivity index (χ4n) is 4.26. The van der Waals surface area contributed by atoms with Crippen LogP contribution in [0.2, 0.25) is 0 Å². The van der Waals surface area contributed by atoms with Crippen molar-refractivity contribution in [3.8, 4) is 0 Å². The summed E-state index contributed by atoms with van der Waals surface area (Å²) in [5.74, 6) is -2.02. The van der Waals surface area contributed by atoms with Gasteiger partial charge in [-0.05, 0) is 12.1 Å². The molecule has 0 bridgehead atoms. The maximum Gasteiger partial charge on any atom is 0.341 e. The van der Waals surface area contributed by atoms with Crippen LogP contribution in [-0.4, -0.2) is 66.6 Å². The summed E-state index contributed by atoms with van der Waals surface area (Å²) in [6.07, 6.45) is 1.75. The topological polar surface area (TPSA) is 83.8 Å². The molecular formula is C20H22ClF2N3O4. The first-order valence-corrected chi connectivity index (χ1v) is 10.4.